The predicted octanol–water partition coefficient (Wildman–Crippen LogP) is 8.07. The van der Waals surface area contributed by atoms with Crippen LogP contribution in [-0.2, 0) is 41.6 Å². The molecule has 1 aromatic heterocycles. The van der Waals surface area contributed by atoms with E-state index >= 15 is 0 Å². The molecule has 0 radical (unpaired) electrons. The van der Waals surface area contributed by atoms with E-state index in [2.05, 4.69) is 19.1 Å². The molecule has 302 valence electrons. The van der Waals surface area contributed by atoms with Crippen LogP contribution in [-0.4, -0.2) is 87.2 Å². The zero-order chi connectivity index (χ0) is 38.8. The fraction of sp³-hybridized carbons (Fsp3) is 0.674. The third kappa shape index (κ3) is 17.2. The van der Waals surface area contributed by atoms with Crippen LogP contribution in [0.3, 0.4) is 0 Å². The summed E-state index contributed by atoms with van der Waals surface area (Å²) in [5.41, 5.74) is 0.667. The molecule has 2 aliphatic rings. The number of aromatic hydroxyl groups is 2. The minimum absolute atomic E-state index is 0.0134. The van der Waals surface area contributed by atoms with Gasteiger partial charge in [-0.2, -0.15) is 0 Å². The highest BCUT2D eigenvalue weighted by molar-refractivity contribution is 6.13. The van der Waals surface area contributed by atoms with E-state index in [1.54, 1.807) is 6.07 Å². The Labute approximate surface area is 323 Å². The summed E-state index contributed by atoms with van der Waals surface area (Å²) >= 11 is 0. The van der Waals surface area contributed by atoms with Crippen LogP contribution in [0.2, 0.25) is 0 Å². The molecule has 1 atom stereocenters. The summed E-state index contributed by atoms with van der Waals surface area (Å²) in [7, 11) is 0. The first-order chi connectivity index (χ1) is 26.3. The lowest BCUT2D eigenvalue weighted by atomic mass is 10.1. The van der Waals surface area contributed by atoms with Gasteiger partial charge in [0.25, 0.3) is 23.6 Å². The average molecular weight is 754 g/mol. The maximum Gasteiger partial charge on any atom is 0.253 e. The molecule has 3 heterocycles. The standard InChI is InChI=1S/C43H67N3O8/c1-2-3-4-5-6-7-8-9-10-11-12-13-14-19-24-36-33-42(51)46(43(36)52)34-37(54-32-23-18-16-21-30-45-40(49)27-28-41(45)50)35-53-31-22-17-15-20-29-44-38(47)25-26-39(44)48/h14,19,25-28,33,37,51-52H,2-13,15-18,20-24,29-32,34-35H2,1H3. The minimum atomic E-state index is -0.399. The lowest BCUT2D eigenvalue weighted by Crippen LogP contribution is -2.30. The lowest BCUT2D eigenvalue weighted by molar-refractivity contribution is -0.138. The number of carbonyl (C=O) groups is 4. The molecule has 54 heavy (non-hydrogen) atoms. The maximum absolute atomic E-state index is 11.7. The molecule has 0 aliphatic carbocycles. The molecule has 0 saturated carbocycles. The Kier molecular flexibility index (Phi) is 22.3. The Morgan fingerprint density at radius 1 is 0.611 bits per heavy atom. The number of unbranched alkanes of at least 4 members (excludes halogenated alkanes) is 17. The molecule has 0 bridgehead atoms. The summed E-state index contributed by atoms with van der Waals surface area (Å²) in [6.45, 7) is 4.61. The van der Waals surface area contributed by atoms with Crippen molar-refractivity contribution in [1.29, 1.82) is 0 Å². The van der Waals surface area contributed by atoms with Gasteiger partial charge in [0.15, 0.2) is 11.8 Å². The molecular formula is C43H67N3O8. The van der Waals surface area contributed by atoms with E-state index in [0.29, 0.717) is 44.9 Å². The first kappa shape index (κ1) is 44.7. The number of amides is 4. The van der Waals surface area contributed by atoms with Crippen molar-refractivity contribution >= 4 is 23.6 Å². The Morgan fingerprint density at radius 2 is 1.09 bits per heavy atom. The Hall–Kier alpha value is -3.70. The van der Waals surface area contributed by atoms with E-state index in [-0.39, 0.29) is 41.9 Å². The summed E-state index contributed by atoms with van der Waals surface area (Å²) in [6.07, 6.45) is 31.7. The van der Waals surface area contributed by atoms with Gasteiger partial charge in [-0.05, 0) is 44.9 Å². The van der Waals surface area contributed by atoms with Crippen LogP contribution >= 0.6 is 0 Å². The molecule has 11 nitrogen and oxygen atoms in total. The van der Waals surface area contributed by atoms with Gasteiger partial charge in [-0.1, -0.05) is 109 Å². The second-order valence-electron chi connectivity index (χ2n) is 14.7. The number of rotatable bonds is 33. The van der Waals surface area contributed by atoms with Crippen molar-refractivity contribution < 1.29 is 38.9 Å². The second kappa shape index (κ2) is 27.0. The number of hydrogen-bond acceptors (Lipinski definition) is 8. The molecule has 11 heteroatoms. The monoisotopic (exact) mass is 753 g/mol. The molecule has 0 saturated heterocycles. The molecule has 0 aromatic carbocycles. The first-order valence-electron chi connectivity index (χ1n) is 20.8. The van der Waals surface area contributed by atoms with E-state index in [9.17, 15) is 29.4 Å². The third-order valence-corrected chi connectivity index (χ3v) is 10.1. The number of aromatic nitrogens is 1. The van der Waals surface area contributed by atoms with Gasteiger partial charge >= 0.3 is 0 Å². The molecule has 2 aliphatic heterocycles. The van der Waals surface area contributed by atoms with Crippen molar-refractivity contribution in [2.24, 2.45) is 0 Å². The summed E-state index contributed by atoms with van der Waals surface area (Å²) in [6, 6.07) is 1.62. The van der Waals surface area contributed by atoms with Crippen molar-refractivity contribution in [3.8, 4) is 11.8 Å². The first-order valence-corrected chi connectivity index (χ1v) is 20.8. The van der Waals surface area contributed by atoms with Crippen molar-refractivity contribution in [3.05, 3.63) is 48.1 Å². The molecule has 0 spiro atoms. The number of hydrogen-bond donors (Lipinski definition) is 2. The molecule has 4 amide bonds. The molecule has 1 aromatic rings. The Bertz CT molecular complexity index is 1330. The highest BCUT2D eigenvalue weighted by Crippen LogP contribution is 2.29. The quantitative estimate of drug-likeness (QED) is 0.0418. The normalized spacial score (nSPS) is 15.0. The van der Waals surface area contributed by atoms with Crippen LogP contribution in [0.4, 0.5) is 0 Å². The van der Waals surface area contributed by atoms with Gasteiger partial charge in [-0.3, -0.25) is 33.5 Å². The van der Waals surface area contributed by atoms with E-state index in [4.69, 9.17) is 9.47 Å². The Morgan fingerprint density at radius 3 is 1.65 bits per heavy atom. The molecule has 1 unspecified atom stereocenters. The van der Waals surface area contributed by atoms with Crippen molar-refractivity contribution in [1.82, 2.24) is 14.4 Å². The number of imide groups is 2. The number of ether oxygens (including phenoxy) is 2. The maximum atomic E-state index is 11.7. The molecule has 0 fully saturated rings. The zero-order valence-corrected chi connectivity index (χ0v) is 32.9. The number of allylic oxidation sites excluding steroid dienone is 2. The summed E-state index contributed by atoms with van der Waals surface area (Å²) in [4.78, 5) is 49.4. The van der Waals surface area contributed by atoms with Gasteiger partial charge in [-0.25, -0.2) is 0 Å². The highest BCUT2D eigenvalue weighted by Gasteiger charge is 2.23. The fourth-order valence-corrected chi connectivity index (χ4v) is 6.84. The van der Waals surface area contributed by atoms with Gasteiger partial charge in [0.05, 0.1) is 19.3 Å². The zero-order valence-electron chi connectivity index (χ0n) is 32.9. The van der Waals surface area contributed by atoms with E-state index < -0.39 is 6.10 Å². The van der Waals surface area contributed by atoms with Crippen LogP contribution in [0.5, 0.6) is 11.8 Å². The van der Waals surface area contributed by atoms with Crippen LogP contribution in [0.15, 0.2) is 42.5 Å². The molecule has 2 N–H and O–H groups in total. The van der Waals surface area contributed by atoms with Crippen LogP contribution in [0.1, 0.15) is 141 Å². The third-order valence-electron chi connectivity index (χ3n) is 10.1. The molecular weight excluding hydrogens is 686 g/mol. The average Bonchev–Trinajstić information content (AvgIpc) is 3.76. The van der Waals surface area contributed by atoms with Crippen LogP contribution in [0.25, 0.3) is 0 Å². The van der Waals surface area contributed by atoms with Gasteiger partial charge in [-0.15, -0.1) is 0 Å². The largest absolute Gasteiger partial charge is 0.494 e. The highest BCUT2D eigenvalue weighted by atomic mass is 16.5. The Balaban J connectivity index is 1.36. The van der Waals surface area contributed by atoms with E-state index in [1.165, 1.54) is 103 Å². The minimum Gasteiger partial charge on any atom is -0.494 e. The number of nitrogens with zero attached hydrogens (tertiary/aromatic N) is 3. The van der Waals surface area contributed by atoms with E-state index in [0.717, 1.165) is 64.2 Å². The van der Waals surface area contributed by atoms with Crippen LogP contribution in [0, 0.1) is 0 Å². The number of carbonyl (C=O) groups excluding carboxylic acids is 4. The van der Waals surface area contributed by atoms with E-state index in [1.807, 2.05) is 0 Å². The second-order valence-corrected chi connectivity index (χ2v) is 14.7. The van der Waals surface area contributed by atoms with Crippen molar-refractivity contribution in [2.75, 3.05) is 32.9 Å². The van der Waals surface area contributed by atoms with Gasteiger partial charge in [0.2, 0.25) is 0 Å². The summed E-state index contributed by atoms with van der Waals surface area (Å²) in [5, 5.41) is 21.8. The smallest absolute Gasteiger partial charge is 0.253 e. The van der Waals surface area contributed by atoms with Gasteiger partial charge in [0.1, 0.15) is 0 Å². The van der Waals surface area contributed by atoms with Crippen LogP contribution < -0.4 is 0 Å². The lowest BCUT2D eigenvalue weighted by Gasteiger charge is -2.20. The summed E-state index contributed by atoms with van der Waals surface area (Å²) in [5.74, 6) is -0.991. The molecule has 3 rings (SSSR count). The predicted molar refractivity (Wildman–Crippen MR) is 211 cm³/mol. The van der Waals surface area contributed by atoms with Crippen molar-refractivity contribution in [3.63, 3.8) is 0 Å². The topological polar surface area (TPSA) is 139 Å². The summed E-state index contributed by atoms with van der Waals surface area (Å²) < 4.78 is 13.7. The fourth-order valence-electron chi connectivity index (χ4n) is 6.84. The SMILES string of the molecule is CCCCCCCCCCCCCC=CCc1cc(O)n(CC(COCCCCCCN2C(=O)C=CC2=O)OCCCCCCN2C(=O)C=CC2=O)c1O. The van der Waals surface area contributed by atoms with Gasteiger partial charge in [0, 0.05) is 62.2 Å². The van der Waals surface area contributed by atoms with Crippen molar-refractivity contribution in [2.45, 2.75) is 154 Å². The van der Waals surface area contributed by atoms with Gasteiger partial charge < -0.3 is 19.7 Å².